The molecule has 31 heavy (non-hydrogen) atoms. The summed E-state index contributed by atoms with van der Waals surface area (Å²) in [6, 6.07) is 1.15. The molecule has 1 saturated heterocycles. The van der Waals surface area contributed by atoms with E-state index in [0.29, 0.717) is 30.2 Å². The van der Waals surface area contributed by atoms with Gasteiger partial charge in [-0.25, -0.2) is 9.97 Å². The standard InChI is InChI=1S/C19H21F6N5O/c1-9(2)17-28-13(10-3-14(16(26)27-4-10)31-19(23,24)25)7-30(17)15-11-5-29(6-12(11)15)8-18(20,21)22/h3-4,7,9,11-12,15H,5-6,8H2,1-2H3,(H2,26,27). The number of ether oxygens (including phenoxy) is 1. The van der Waals surface area contributed by atoms with Crippen LogP contribution >= 0.6 is 0 Å². The van der Waals surface area contributed by atoms with Gasteiger partial charge in [-0.3, -0.25) is 4.90 Å². The Morgan fingerprint density at radius 1 is 1.16 bits per heavy atom. The van der Waals surface area contributed by atoms with Crippen molar-refractivity contribution in [2.75, 3.05) is 25.4 Å². The smallest absolute Gasteiger partial charge is 0.402 e. The van der Waals surface area contributed by atoms with Gasteiger partial charge in [-0.2, -0.15) is 13.2 Å². The Morgan fingerprint density at radius 3 is 2.35 bits per heavy atom. The summed E-state index contributed by atoms with van der Waals surface area (Å²) >= 11 is 0. The minimum absolute atomic E-state index is 0.00833. The Balaban J connectivity index is 1.57. The summed E-state index contributed by atoms with van der Waals surface area (Å²) < 4.78 is 81.6. The maximum Gasteiger partial charge on any atom is 0.573 e. The summed E-state index contributed by atoms with van der Waals surface area (Å²) in [4.78, 5) is 9.75. The maximum absolute atomic E-state index is 12.6. The van der Waals surface area contributed by atoms with Crippen LogP contribution in [0.15, 0.2) is 18.5 Å². The molecule has 2 fully saturated rings. The molecule has 2 aliphatic rings. The van der Waals surface area contributed by atoms with Gasteiger partial charge in [0.25, 0.3) is 0 Å². The quantitative estimate of drug-likeness (QED) is 0.693. The third-order valence-corrected chi connectivity index (χ3v) is 5.63. The number of alkyl halides is 6. The number of halogens is 6. The van der Waals surface area contributed by atoms with Crippen molar-refractivity contribution in [3.8, 4) is 17.0 Å². The summed E-state index contributed by atoms with van der Waals surface area (Å²) in [7, 11) is 0. The van der Waals surface area contributed by atoms with Crippen LogP contribution < -0.4 is 10.5 Å². The van der Waals surface area contributed by atoms with Crippen molar-refractivity contribution in [2.24, 2.45) is 11.8 Å². The Hall–Kier alpha value is -2.50. The molecule has 2 aromatic heterocycles. The first kappa shape index (κ1) is 21.7. The molecule has 0 bridgehead atoms. The van der Waals surface area contributed by atoms with Crippen LogP contribution in [0.1, 0.15) is 31.6 Å². The lowest BCUT2D eigenvalue weighted by Gasteiger charge is -2.22. The first-order chi connectivity index (χ1) is 14.3. The molecular weight excluding hydrogens is 428 g/mol. The molecule has 2 aromatic rings. The number of pyridine rings is 1. The van der Waals surface area contributed by atoms with E-state index in [4.69, 9.17) is 5.73 Å². The van der Waals surface area contributed by atoms with E-state index in [1.165, 1.54) is 11.1 Å². The zero-order chi connectivity index (χ0) is 22.7. The first-order valence-corrected chi connectivity index (χ1v) is 9.72. The largest absolute Gasteiger partial charge is 0.573 e. The van der Waals surface area contributed by atoms with Crippen LogP contribution in [0.2, 0.25) is 0 Å². The molecule has 170 valence electrons. The first-order valence-electron chi connectivity index (χ1n) is 9.72. The molecule has 6 nitrogen and oxygen atoms in total. The number of rotatable bonds is 5. The molecule has 12 heteroatoms. The highest BCUT2D eigenvalue weighted by molar-refractivity contribution is 5.64. The SMILES string of the molecule is CC(C)c1nc(-c2cnc(N)c(OC(F)(F)F)c2)cn1C1C2CN(CC(F)(F)F)CC21. The second kappa shape index (κ2) is 7.28. The molecule has 4 rings (SSSR count). The van der Waals surface area contributed by atoms with E-state index in [1.807, 2.05) is 18.4 Å². The van der Waals surface area contributed by atoms with E-state index >= 15 is 0 Å². The van der Waals surface area contributed by atoms with Crippen LogP contribution in [0.25, 0.3) is 11.3 Å². The summed E-state index contributed by atoms with van der Waals surface area (Å²) in [5.74, 6) is -0.102. The average Bonchev–Trinajstić information content (AvgIpc) is 2.97. The lowest BCUT2D eigenvalue weighted by Crippen LogP contribution is -2.34. The van der Waals surface area contributed by atoms with Gasteiger partial charge in [0, 0.05) is 43.0 Å². The predicted molar refractivity (Wildman–Crippen MR) is 99.2 cm³/mol. The predicted octanol–water partition coefficient (Wildman–Crippen LogP) is 4.21. The number of hydrogen-bond acceptors (Lipinski definition) is 5. The molecule has 2 unspecified atom stereocenters. The number of nitrogen functional groups attached to an aromatic ring is 1. The van der Waals surface area contributed by atoms with E-state index < -0.39 is 30.7 Å². The highest BCUT2D eigenvalue weighted by Gasteiger charge is 2.58. The van der Waals surface area contributed by atoms with Crippen molar-refractivity contribution in [1.29, 1.82) is 0 Å². The topological polar surface area (TPSA) is 69.2 Å². The Kier molecular flexibility index (Phi) is 5.10. The fraction of sp³-hybridized carbons (Fsp3) is 0.579. The second-order valence-corrected chi connectivity index (χ2v) is 8.33. The van der Waals surface area contributed by atoms with Crippen LogP contribution in [0, 0.1) is 11.8 Å². The average molecular weight is 449 g/mol. The second-order valence-electron chi connectivity index (χ2n) is 8.33. The van der Waals surface area contributed by atoms with Crippen LogP contribution in [0.5, 0.6) is 5.75 Å². The van der Waals surface area contributed by atoms with Crippen LogP contribution in [0.4, 0.5) is 32.2 Å². The number of piperidine rings is 1. The van der Waals surface area contributed by atoms with E-state index in [-0.39, 0.29) is 23.8 Å². The van der Waals surface area contributed by atoms with Crippen LogP contribution in [-0.2, 0) is 0 Å². The van der Waals surface area contributed by atoms with E-state index in [0.717, 1.165) is 6.07 Å². The lowest BCUT2D eigenvalue weighted by molar-refractivity contribution is -0.274. The van der Waals surface area contributed by atoms with Crippen LogP contribution in [-0.4, -0.2) is 51.6 Å². The normalized spacial score (nSPS) is 24.0. The number of fused-ring (bicyclic) bond motifs is 1. The minimum atomic E-state index is -4.91. The maximum atomic E-state index is 12.6. The number of likely N-dealkylation sites (tertiary alicyclic amines) is 1. The number of nitrogens with two attached hydrogens (primary N) is 1. The van der Waals surface area contributed by atoms with Crippen molar-refractivity contribution in [3.05, 3.63) is 24.3 Å². The molecule has 3 heterocycles. The third kappa shape index (κ3) is 4.58. The molecule has 1 aliphatic heterocycles. The van der Waals surface area contributed by atoms with Crippen molar-refractivity contribution in [1.82, 2.24) is 19.4 Å². The van der Waals surface area contributed by atoms with Crippen molar-refractivity contribution < 1.29 is 31.1 Å². The van der Waals surface area contributed by atoms with Gasteiger partial charge in [-0.1, -0.05) is 13.8 Å². The minimum Gasteiger partial charge on any atom is -0.402 e. The van der Waals surface area contributed by atoms with Gasteiger partial charge >= 0.3 is 12.5 Å². The van der Waals surface area contributed by atoms with Gasteiger partial charge in [-0.15, -0.1) is 13.2 Å². The monoisotopic (exact) mass is 449 g/mol. The fourth-order valence-corrected chi connectivity index (χ4v) is 4.39. The molecular formula is C19H21F6N5O. The van der Waals surface area contributed by atoms with Gasteiger partial charge in [0.15, 0.2) is 11.6 Å². The zero-order valence-corrected chi connectivity index (χ0v) is 16.7. The molecule has 0 spiro atoms. The number of anilines is 1. The summed E-state index contributed by atoms with van der Waals surface area (Å²) in [6.45, 7) is 3.64. The van der Waals surface area contributed by atoms with E-state index in [1.54, 1.807) is 6.20 Å². The molecule has 2 atom stereocenters. The highest BCUT2D eigenvalue weighted by atomic mass is 19.4. The number of hydrogen-bond donors (Lipinski definition) is 1. The Morgan fingerprint density at radius 2 is 1.81 bits per heavy atom. The van der Waals surface area contributed by atoms with Gasteiger partial charge in [0.1, 0.15) is 5.82 Å². The number of imidazole rings is 1. The number of aromatic nitrogens is 3. The lowest BCUT2D eigenvalue weighted by atomic mass is 10.2. The molecule has 0 amide bonds. The van der Waals surface area contributed by atoms with Gasteiger partial charge in [-0.05, 0) is 17.9 Å². The molecule has 0 radical (unpaired) electrons. The molecule has 0 aromatic carbocycles. The fourth-order valence-electron chi connectivity index (χ4n) is 4.39. The van der Waals surface area contributed by atoms with E-state index in [9.17, 15) is 26.3 Å². The molecule has 1 saturated carbocycles. The van der Waals surface area contributed by atoms with Crippen LogP contribution in [0.3, 0.4) is 0 Å². The van der Waals surface area contributed by atoms with E-state index in [2.05, 4.69) is 14.7 Å². The Bertz CT molecular complexity index is 958. The van der Waals surface area contributed by atoms with Crippen molar-refractivity contribution in [2.45, 2.75) is 38.3 Å². The number of nitrogens with zero attached hydrogens (tertiary/aromatic N) is 4. The van der Waals surface area contributed by atoms with Gasteiger partial charge in [0.2, 0.25) is 0 Å². The molecule has 1 aliphatic carbocycles. The molecule has 2 N–H and O–H groups in total. The summed E-state index contributed by atoms with van der Waals surface area (Å²) in [6.07, 6.45) is -6.11. The highest BCUT2D eigenvalue weighted by Crippen LogP contribution is 2.56. The third-order valence-electron chi connectivity index (χ3n) is 5.63. The Labute approximate surface area is 174 Å². The summed E-state index contributed by atoms with van der Waals surface area (Å²) in [5, 5.41) is 0. The van der Waals surface area contributed by atoms with Gasteiger partial charge in [0.05, 0.1) is 12.2 Å². The summed E-state index contributed by atoms with van der Waals surface area (Å²) in [5.41, 5.74) is 6.20. The van der Waals surface area contributed by atoms with Crippen molar-refractivity contribution in [3.63, 3.8) is 0 Å². The van der Waals surface area contributed by atoms with Crippen molar-refractivity contribution >= 4 is 5.82 Å². The van der Waals surface area contributed by atoms with Gasteiger partial charge < -0.3 is 15.0 Å². The zero-order valence-electron chi connectivity index (χ0n) is 16.7.